The van der Waals surface area contributed by atoms with E-state index >= 15 is 0 Å². The summed E-state index contributed by atoms with van der Waals surface area (Å²) >= 11 is 3.17. The van der Waals surface area contributed by atoms with Gasteiger partial charge in [-0.1, -0.05) is 15.9 Å². The van der Waals surface area contributed by atoms with Gasteiger partial charge in [-0.15, -0.1) is 0 Å². The summed E-state index contributed by atoms with van der Waals surface area (Å²) in [7, 11) is 0. The number of halogens is 1. The number of pyridine rings is 1. The lowest BCUT2D eigenvalue weighted by atomic mass is 10.2. The van der Waals surface area contributed by atoms with Crippen LogP contribution >= 0.6 is 15.9 Å². The zero-order valence-electron chi connectivity index (χ0n) is 6.84. The Labute approximate surface area is 83.5 Å². The van der Waals surface area contributed by atoms with Crippen molar-refractivity contribution in [3.05, 3.63) is 34.2 Å². The number of aromatic nitrogens is 1. The normalized spacial score (nSPS) is 9.62. The molecule has 0 radical (unpaired) electrons. The van der Waals surface area contributed by atoms with Crippen LogP contribution in [0.3, 0.4) is 0 Å². The van der Waals surface area contributed by atoms with Crippen LogP contribution in [0.2, 0.25) is 0 Å². The van der Waals surface area contributed by atoms with Gasteiger partial charge in [-0.05, 0) is 0 Å². The fourth-order valence-corrected chi connectivity index (χ4v) is 1.05. The number of nitrogens with one attached hydrogen (secondary N) is 2. The van der Waals surface area contributed by atoms with E-state index in [4.69, 9.17) is 0 Å². The third-order valence-electron chi connectivity index (χ3n) is 1.45. The Morgan fingerprint density at radius 2 is 2.38 bits per heavy atom. The highest BCUT2D eigenvalue weighted by atomic mass is 79.9. The van der Waals surface area contributed by atoms with Crippen molar-refractivity contribution in [3.63, 3.8) is 0 Å². The van der Waals surface area contributed by atoms with Crippen molar-refractivity contribution >= 4 is 21.8 Å². The number of alkyl halides is 1. The molecule has 0 spiro atoms. The van der Waals surface area contributed by atoms with Crippen LogP contribution in [0.15, 0.2) is 23.3 Å². The highest BCUT2D eigenvalue weighted by Crippen LogP contribution is 1.87. The van der Waals surface area contributed by atoms with E-state index in [1.807, 2.05) is 0 Å². The molecule has 0 aliphatic rings. The van der Waals surface area contributed by atoms with Crippen LogP contribution in [0.4, 0.5) is 0 Å². The number of H-pyrrole nitrogens is 1. The maximum atomic E-state index is 11.3. The van der Waals surface area contributed by atoms with Crippen LogP contribution < -0.4 is 10.7 Å². The molecule has 13 heavy (non-hydrogen) atoms. The molecular weight excluding hydrogens is 236 g/mol. The van der Waals surface area contributed by atoms with Crippen molar-refractivity contribution in [2.75, 3.05) is 11.9 Å². The number of hydrogen-bond acceptors (Lipinski definition) is 2. The number of aromatic amines is 1. The molecule has 1 heterocycles. The molecule has 0 atom stereocenters. The summed E-state index contributed by atoms with van der Waals surface area (Å²) < 4.78 is 0. The molecule has 5 heteroatoms. The molecule has 0 fully saturated rings. The lowest BCUT2D eigenvalue weighted by Crippen LogP contribution is -2.29. The molecule has 0 aromatic carbocycles. The molecule has 70 valence electrons. The van der Waals surface area contributed by atoms with Gasteiger partial charge < -0.3 is 10.3 Å². The van der Waals surface area contributed by atoms with Crippen LogP contribution in [0, 0.1) is 0 Å². The van der Waals surface area contributed by atoms with Gasteiger partial charge in [-0.2, -0.15) is 0 Å². The number of amides is 1. The second kappa shape index (κ2) is 4.81. The summed E-state index contributed by atoms with van der Waals surface area (Å²) in [6, 6.07) is 1.32. The molecule has 1 aromatic heterocycles. The fraction of sp³-hybridized carbons (Fsp3) is 0.250. The molecule has 1 amide bonds. The summed E-state index contributed by atoms with van der Waals surface area (Å²) in [5, 5.41) is 3.25. The standard InChI is InChI=1S/C8H9BrN2O2/c9-2-4-11-8(13)6-5-10-3-1-7(6)12/h1,3,5H,2,4H2,(H,10,12)(H,11,13). The van der Waals surface area contributed by atoms with E-state index in [9.17, 15) is 9.59 Å². The van der Waals surface area contributed by atoms with E-state index in [1.165, 1.54) is 18.5 Å². The lowest BCUT2D eigenvalue weighted by Gasteiger charge is -2.00. The number of carbonyl (C=O) groups is 1. The predicted octanol–water partition coefficient (Wildman–Crippen LogP) is 0.500. The molecule has 4 nitrogen and oxygen atoms in total. The number of hydrogen-bond donors (Lipinski definition) is 2. The molecule has 1 rings (SSSR count). The zero-order valence-corrected chi connectivity index (χ0v) is 8.43. The Bertz CT molecular complexity index is 348. The van der Waals surface area contributed by atoms with Gasteiger partial charge >= 0.3 is 0 Å². The summed E-state index contributed by atoms with van der Waals surface area (Å²) in [5.74, 6) is -0.346. The van der Waals surface area contributed by atoms with Crippen LogP contribution in [-0.2, 0) is 0 Å². The lowest BCUT2D eigenvalue weighted by molar-refractivity contribution is 0.0955. The van der Waals surface area contributed by atoms with Gasteiger partial charge in [0.1, 0.15) is 5.56 Å². The van der Waals surface area contributed by atoms with Crippen molar-refractivity contribution in [1.82, 2.24) is 10.3 Å². The quantitative estimate of drug-likeness (QED) is 0.761. The highest BCUT2D eigenvalue weighted by molar-refractivity contribution is 9.09. The molecule has 0 saturated heterocycles. The van der Waals surface area contributed by atoms with Crippen molar-refractivity contribution in [3.8, 4) is 0 Å². The topological polar surface area (TPSA) is 62.0 Å². The Hall–Kier alpha value is -1.10. The van der Waals surface area contributed by atoms with Gasteiger partial charge in [0.05, 0.1) is 0 Å². The summed E-state index contributed by atoms with van der Waals surface area (Å²) in [5.41, 5.74) is -0.130. The van der Waals surface area contributed by atoms with E-state index in [0.717, 1.165) is 0 Å². The average Bonchev–Trinajstić information content (AvgIpc) is 2.15. The highest BCUT2D eigenvalue weighted by Gasteiger charge is 2.07. The van der Waals surface area contributed by atoms with E-state index in [1.54, 1.807) is 0 Å². The maximum absolute atomic E-state index is 11.3. The molecule has 0 bridgehead atoms. The zero-order chi connectivity index (χ0) is 9.68. The first-order chi connectivity index (χ1) is 6.25. The third-order valence-corrected chi connectivity index (χ3v) is 1.85. The smallest absolute Gasteiger partial charge is 0.256 e. The van der Waals surface area contributed by atoms with E-state index in [2.05, 4.69) is 26.2 Å². The Kier molecular flexibility index (Phi) is 3.70. The van der Waals surface area contributed by atoms with Crippen molar-refractivity contribution in [2.45, 2.75) is 0 Å². The van der Waals surface area contributed by atoms with Crippen molar-refractivity contribution in [2.24, 2.45) is 0 Å². The van der Waals surface area contributed by atoms with Gasteiger partial charge in [0.25, 0.3) is 5.91 Å². The minimum atomic E-state index is -0.346. The predicted molar refractivity (Wildman–Crippen MR) is 53.2 cm³/mol. The Morgan fingerprint density at radius 3 is 3.00 bits per heavy atom. The first-order valence-corrected chi connectivity index (χ1v) is 4.89. The molecule has 0 aliphatic carbocycles. The van der Waals surface area contributed by atoms with Gasteiger partial charge in [0.2, 0.25) is 0 Å². The minimum Gasteiger partial charge on any atom is -0.367 e. The summed E-state index contributed by atoms with van der Waals surface area (Å²) in [4.78, 5) is 25.1. The molecule has 0 unspecified atom stereocenters. The SMILES string of the molecule is O=C(NCCBr)c1c[nH]ccc1=O. The first kappa shape index (κ1) is 9.98. The molecule has 2 N–H and O–H groups in total. The second-order valence-electron chi connectivity index (χ2n) is 2.37. The number of carbonyl (C=O) groups excluding carboxylic acids is 1. The van der Waals surface area contributed by atoms with Gasteiger partial charge in [0, 0.05) is 30.3 Å². The van der Waals surface area contributed by atoms with Crippen LogP contribution in [0.1, 0.15) is 10.4 Å². The minimum absolute atomic E-state index is 0.142. The van der Waals surface area contributed by atoms with Crippen LogP contribution in [0.25, 0.3) is 0 Å². The summed E-state index contributed by atoms with van der Waals surface area (Å²) in [6.07, 6.45) is 2.88. The van der Waals surface area contributed by atoms with Crippen LogP contribution in [0.5, 0.6) is 0 Å². The fourth-order valence-electron chi connectivity index (χ4n) is 0.850. The molecule has 0 saturated carbocycles. The second-order valence-corrected chi connectivity index (χ2v) is 3.16. The average molecular weight is 245 g/mol. The maximum Gasteiger partial charge on any atom is 0.256 e. The molecular formula is C8H9BrN2O2. The first-order valence-electron chi connectivity index (χ1n) is 3.77. The van der Waals surface area contributed by atoms with E-state index in [-0.39, 0.29) is 16.9 Å². The molecule has 0 aliphatic heterocycles. The van der Waals surface area contributed by atoms with Gasteiger partial charge in [-0.25, -0.2) is 0 Å². The van der Waals surface area contributed by atoms with E-state index in [0.29, 0.717) is 11.9 Å². The molecule has 1 aromatic rings. The van der Waals surface area contributed by atoms with Crippen molar-refractivity contribution in [1.29, 1.82) is 0 Å². The Balaban J connectivity index is 2.77. The van der Waals surface area contributed by atoms with Gasteiger partial charge in [-0.3, -0.25) is 9.59 Å². The summed E-state index contributed by atoms with van der Waals surface area (Å²) in [6.45, 7) is 0.507. The van der Waals surface area contributed by atoms with Crippen LogP contribution in [-0.4, -0.2) is 22.8 Å². The Morgan fingerprint density at radius 1 is 1.62 bits per heavy atom. The van der Waals surface area contributed by atoms with E-state index < -0.39 is 0 Å². The monoisotopic (exact) mass is 244 g/mol. The number of rotatable bonds is 3. The largest absolute Gasteiger partial charge is 0.367 e. The third kappa shape index (κ3) is 2.69. The van der Waals surface area contributed by atoms with Crippen molar-refractivity contribution < 1.29 is 4.79 Å². The van der Waals surface area contributed by atoms with Gasteiger partial charge in [0.15, 0.2) is 5.43 Å².